The van der Waals surface area contributed by atoms with Gasteiger partial charge in [-0.25, -0.2) is 4.98 Å². The molecule has 42 heavy (non-hydrogen) atoms. The maximum Gasteiger partial charge on any atom is 0.301 e. The molecule has 1 unspecified atom stereocenters. The second-order valence-corrected chi connectivity index (χ2v) is 11.7. The molecule has 1 saturated heterocycles. The van der Waals surface area contributed by atoms with Crippen LogP contribution in [0.25, 0.3) is 5.76 Å². The molecule has 8 heteroatoms. The minimum atomic E-state index is -0.922. The Morgan fingerprint density at radius 3 is 2.31 bits per heavy atom. The van der Waals surface area contributed by atoms with E-state index < -0.39 is 17.7 Å². The first-order valence-electron chi connectivity index (χ1n) is 13.7. The molecule has 1 aromatic heterocycles. The van der Waals surface area contributed by atoms with Crippen molar-refractivity contribution in [2.24, 2.45) is 0 Å². The van der Waals surface area contributed by atoms with E-state index in [0.29, 0.717) is 34.1 Å². The number of aromatic nitrogens is 1. The molecule has 0 spiro atoms. The normalized spacial score (nSPS) is 16.3. The van der Waals surface area contributed by atoms with Crippen LogP contribution in [0.3, 0.4) is 0 Å². The van der Waals surface area contributed by atoms with Crippen molar-refractivity contribution in [3.8, 4) is 5.75 Å². The molecule has 1 amide bonds. The number of aryl methyl sites for hydroxylation is 2. The van der Waals surface area contributed by atoms with Crippen LogP contribution in [0, 0.1) is 13.8 Å². The quantitative estimate of drug-likeness (QED) is 0.102. The van der Waals surface area contributed by atoms with Crippen molar-refractivity contribution in [1.82, 2.24) is 4.98 Å². The van der Waals surface area contributed by atoms with Crippen molar-refractivity contribution in [2.45, 2.75) is 53.2 Å². The third-order valence-corrected chi connectivity index (χ3v) is 8.55. The smallest absolute Gasteiger partial charge is 0.301 e. The molecule has 1 atom stereocenters. The highest BCUT2D eigenvalue weighted by molar-refractivity contribution is 7.18. The van der Waals surface area contributed by atoms with Gasteiger partial charge < -0.3 is 9.84 Å². The summed E-state index contributed by atoms with van der Waals surface area (Å²) in [7, 11) is 0. The number of Topliss-reactive ketones (excluding diaryl/α,β-unsaturated/α-hetero) is 2. The number of anilines is 1. The molecular weight excluding hydrogens is 548 g/mol. The van der Waals surface area contributed by atoms with Crippen LogP contribution in [0.4, 0.5) is 5.13 Å². The van der Waals surface area contributed by atoms with Gasteiger partial charge in [0.15, 0.2) is 10.9 Å². The first-order chi connectivity index (χ1) is 20.0. The zero-order valence-electron chi connectivity index (χ0n) is 24.2. The highest BCUT2D eigenvalue weighted by atomic mass is 32.1. The number of carbonyl (C=O) groups excluding carboxylic acids is 3. The molecule has 7 nitrogen and oxygen atoms in total. The van der Waals surface area contributed by atoms with Gasteiger partial charge in [0.2, 0.25) is 0 Å². The van der Waals surface area contributed by atoms with Crippen molar-refractivity contribution in [2.75, 3.05) is 4.90 Å². The zero-order valence-corrected chi connectivity index (χ0v) is 25.0. The monoisotopic (exact) mass is 580 g/mol. The number of ether oxygens (including phenoxy) is 1. The van der Waals surface area contributed by atoms with Gasteiger partial charge in [0.1, 0.15) is 18.1 Å². The first kappa shape index (κ1) is 29.0. The largest absolute Gasteiger partial charge is 0.507 e. The molecule has 5 rings (SSSR count). The molecular formula is C34H32N2O5S. The molecule has 4 aromatic rings. The van der Waals surface area contributed by atoms with Gasteiger partial charge in [-0.1, -0.05) is 79.3 Å². The van der Waals surface area contributed by atoms with Gasteiger partial charge >= 0.3 is 5.91 Å². The summed E-state index contributed by atoms with van der Waals surface area (Å²) in [4.78, 5) is 45.4. The maximum absolute atomic E-state index is 13.5. The van der Waals surface area contributed by atoms with Crippen LogP contribution in [0.5, 0.6) is 5.75 Å². The van der Waals surface area contributed by atoms with E-state index in [4.69, 9.17) is 4.74 Å². The number of hydrogen-bond acceptors (Lipinski definition) is 7. The van der Waals surface area contributed by atoms with Crippen LogP contribution >= 0.6 is 11.3 Å². The highest BCUT2D eigenvalue weighted by Gasteiger charge is 2.48. The number of aliphatic hydroxyl groups excluding tert-OH is 1. The summed E-state index contributed by atoms with van der Waals surface area (Å²) in [5.74, 6) is -1.20. The second-order valence-electron chi connectivity index (χ2n) is 10.8. The Bertz CT molecular complexity index is 1700. The molecule has 0 aliphatic carbocycles. The summed E-state index contributed by atoms with van der Waals surface area (Å²) in [5.41, 5.74) is 4.75. The lowest BCUT2D eigenvalue weighted by Crippen LogP contribution is -2.29. The molecule has 214 valence electrons. The predicted molar refractivity (Wildman–Crippen MR) is 164 cm³/mol. The Balaban J connectivity index is 1.54. The fourth-order valence-corrected chi connectivity index (χ4v) is 6.04. The molecule has 0 saturated carbocycles. The van der Waals surface area contributed by atoms with Crippen molar-refractivity contribution in [3.63, 3.8) is 0 Å². The van der Waals surface area contributed by atoms with E-state index >= 15 is 0 Å². The van der Waals surface area contributed by atoms with Crippen LogP contribution in [0.2, 0.25) is 0 Å². The fourth-order valence-electron chi connectivity index (χ4n) is 5.05. The summed E-state index contributed by atoms with van der Waals surface area (Å²) in [6.07, 6.45) is 0. The van der Waals surface area contributed by atoms with E-state index in [1.807, 2.05) is 49.4 Å². The first-order valence-corrected chi connectivity index (χ1v) is 14.5. The fraction of sp³-hybridized carbons (Fsp3) is 0.235. The van der Waals surface area contributed by atoms with Crippen LogP contribution in [-0.2, 0) is 16.2 Å². The zero-order chi connectivity index (χ0) is 30.1. The average Bonchev–Trinajstić information content (AvgIpc) is 3.48. The van der Waals surface area contributed by atoms with Crippen molar-refractivity contribution < 1.29 is 24.2 Å². The molecule has 1 N–H and O–H groups in total. The van der Waals surface area contributed by atoms with Crippen molar-refractivity contribution >= 4 is 39.7 Å². The lowest BCUT2D eigenvalue weighted by molar-refractivity contribution is -0.132. The Morgan fingerprint density at radius 1 is 1.02 bits per heavy atom. The van der Waals surface area contributed by atoms with Crippen LogP contribution < -0.4 is 9.64 Å². The second kappa shape index (κ2) is 11.7. The van der Waals surface area contributed by atoms with Gasteiger partial charge in [0.05, 0.1) is 22.2 Å². The van der Waals surface area contributed by atoms with E-state index in [9.17, 15) is 19.5 Å². The summed E-state index contributed by atoms with van der Waals surface area (Å²) in [5, 5.41) is 11.7. The van der Waals surface area contributed by atoms with Crippen LogP contribution in [0.1, 0.15) is 75.9 Å². The number of thiazole rings is 1. The minimum Gasteiger partial charge on any atom is -0.507 e. The Kier molecular flexibility index (Phi) is 8.09. The number of carbonyl (C=O) groups is 3. The number of benzene rings is 3. The Morgan fingerprint density at radius 2 is 1.71 bits per heavy atom. The summed E-state index contributed by atoms with van der Waals surface area (Å²) >= 11 is 1.06. The van der Waals surface area contributed by atoms with E-state index in [-0.39, 0.29) is 28.2 Å². The van der Waals surface area contributed by atoms with Gasteiger partial charge in [-0.2, -0.15) is 0 Å². The SMILES string of the molecule is CC(=O)c1sc(N2C(=O)C(=O)/C(=C(/O)c3ccc(OCc4cccc(C)c4)cc3)C2c2ccc(C(C)C)cc2)nc1C. The molecule has 3 aromatic carbocycles. The summed E-state index contributed by atoms with van der Waals surface area (Å²) in [6.45, 7) is 9.71. The van der Waals surface area contributed by atoms with Gasteiger partial charge in [0, 0.05) is 12.5 Å². The van der Waals surface area contributed by atoms with Gasteiger partial charge in [-0.3, -0.25) is 19.3 Å². The number of amides is 1. The number of nitrogens with zero attached hydrogens (tertiary/aromatic N) is 2. The van der Waals surface area contributed by atoms with Gasteiger partial charge in [-0.15, -0.1) is 0 Å². The average molecular weight is 581 g/mol. The lowest BCUT2D eigenvalue weighted by atomic mass is 9.93. The molecule has 1 fully saturated rings. The third-order valence-electron chi connectivity index (χ3n) is 7.29. The molecule has 2 heterocycles. The van der Waals surface area contributed by atoms with Gasteiger partial charge in [-0.05, 0) is 60.7 Å². The number of hydrogen-bond donors (Lipinski definition) is 1. The van der Waals surface area contributed by atoms with E-state index in [0.717, 1.165) is 28.0 Å². The molecule has 1 aliphatic heterocycles. The highest BCUT2D eigenvalue weighted by Crippen LogP contribution is 2.44. The Hall–Kier alpha value is -4.56. The summed E-state index contributed by atoms with van der Waals surface area (Å²) in [6, 6.07) is 21.5. The maximum atomic E-state index is 13.5. The van der Waals surface area contributed by atoms with Crippen LogP contribution in [0.15, 0.2) is 78.4 Å². The van der Waals surface area contributed by atoms with E-state index in [2.05, 4.69) is 24.9 Å². The Labute approximate surface area is 249 Å². The standard InChI is InChI=1S/C34H32N2O5S/c1-19(2)24-9-11-25(12-10-24)29-28(31(39)33(40)36(29)34-35-21(4)32(42-34)22(5)37)30(38)26-13-15-27(16-14-26)41-18-23-8-6-7-20(3)17-23/h6-17,19,29,38H,18H2,1-5H3/b30-28+. The van der Waals surface area contributed by atoms with Crippen LogP contribution in [-0.4, -0.2) is 27.6 Å². The number of rotatable bonds is 8. The van der Waals surface area contributed by atoms with E-state index in [1.165, 1.54) is 11.8 Å². The summed E-state index contributed by atoms with van der Waals surface area (Å²) < 4.78 is 5.91. The molecule has 1 aliphatic rings. The predicted octanol–water partition coefficient (Wildman–Crippen LogP) is 7.29. The number of ketones is 2. The van der Waals surface area contributed by atoms with Crippen molar-refractivity contribution in [1.29, 1.82) is 0 Å². The minimum absolute atomic E-state index is 0.0389. The molecule has 0 radical (unpaired) electrons. The lowest BCUT2D eigenvalue weighted by Gasteiger charge is -2.23. The van der Waals surface area contributed by atoms with Crippen molar-refractivity contribution in [3.05, 3.63) is 117 Å². The van der Waals surface area contributed by atoms with Gasteiger partial charge in [0.25, 0.3) is 5.78 Å². The third kappa shape index (κ3) is 5.63. The topological polar surface area (TPSA) is 96.8 Å². The van der Waals surface area contributed by atoms with E-state index in [1.54, 1.807) is 31.2 Å². The molecule has 0 bridgehead atoms. The number of aliphatic hydroxyl groups is 1.